The first kappa shape index (κ1) is 19.1. The summed E-state index contributed by atoms with van der Waals surface area (Å²) in [7, 11) is 4.20. The lowest BCUT2D eigenvalue weighted by molar-refractivity contribution is -0.154. The Morgan fingerprint density at radius 2 is 1.58 bits per heavy atom. The van der Waals surface area contributed by atoms with Gasteiger partial charge < -0.3 is 19.3 Å². The number of aliphatic carboxylic acids is 1. The van der Waals surface area contributed by atoms with Crippen molar-refractivity contribution in [1.29, 1.82) is 0 Å². The van der Waals surface area contributed by atoms with E-state index in [0.29, 0.717) is 22.6 Å². The van der Waals surface area contributed by atoms with Crippen LogP contribution in [0, 0.1) is 5.92 Å². The van der Waals surface area contributed by atoms with Crippen molar-refractivity contribution in [2.45, 2.75) is 0 Å². The van der Waals surface area contributed by atoms with E-state index in [1.165, 1.54) is 20.3 Å². The van der Waals surface area contributed by atoms with Gasteiger partial charge in [-0.1, -0.05) is 42.5 Å². The second-order valence-corrected chi connectivity index (χ2v) is 5.36. The molecular weight excluding hydrogens is 336 g/mol. The largest absolute Gasteiger partial charge is 0.493 e. The van der Waals surface area contributed by atoms with Gasteiger partial charge in [0.25, 0.3) is 0 Å². The molecule has 6 heteroatoms. The first-order valence-electron chi connectivity index (χ1n) is 7.82. The van der Waals surface area contributed by atoms with E-state index >= 15 is 0 Å². The van der Waals surface area contributed by atoms with Crippen LogP contribution in [0.2, 0.25) is 0 Å². The van der Waals surface area contributed by atoms with Crippen molar-refractivity contribution in [2.75, 3.05) is 21.3 Å². The van der Waals surface area contributed by atoms with E-state index in [0.717, 1.165) is 12.7 Å². The summed E-state index contributed by atoms with van der Waals surface area (Å²) in [5, 5.41) is 9.41. The summed E-state index contributed by atoms with van der Waals surface area (Å²) in [6.45, 7) is 0. The SMILES string of the molecule is COC(=O)C(C=C(c1ccccc1)c1ccc(OC)c(OC)c1)C(=O)O. The Bertz CT molecular complexity index is 810. The van der Waals surface area contributed by atoms with E-state index in [4.69, 9.17) is 9.47 Å². The number of carboxylic acids is 1. The first-order valence-corrected chi connectivity index (χ1v) is 7.82. The number of hydrogen-bond donors (Lipinski definition) is 1. The van der Waals surface area contributed by atoms with Crippen LogP contribution in [0.25, 0.3) is 5.57 Å². The zero-order chi connectivity index (χ0) is 19.1. The number of carbonyl (C=O) groups excluding carboxylic acids is 1. The smallest absolute Gasteiger partial charge is 0.324 e. The number of rotatable bonds is 7. The van der Waals surface area contributed by atoms with Crippen LogP contribution in [0.4, 0.5) is 0 Å². The minimum Gasteiger partial charge on any atom is -0.493 e. The zero-order valence-electron chi connectivity index (χ0n) is 14.8. The number of ether oxygens (including phenoxy) is 3. The minimum absolute atomic E-state index is 0.497. The number of esters is 1. The fourth-order valence-electron chi connectivity index (χ4n) is 2.51. The highest BCUT2D eigenvalue weighted by atomic mass is 16.5. The van der Waals surface area contributed by atoms with Crippen molar-refractivity contribution in [3.05, 3.63) is 65.7 Å². The molecule has 0 aliphatic carbocycles. The number of carbonyl (C=O) groups is 2. The standard InChI is InChI=1S/C20H20O6/c1-24-17-10-9-14(11-18(17)25-2)15(13-7-5-4-6-8-13)12-16(19(21)22)20(23)26-3/h4-12,16H,1-3H3,(H,21,22). The second-order valence-electron chi connectivity index (χ2n) is 5.36. The first-order chi connectivity index (χ1) is 12.5. The van der Waals surface area contributed by atoms with E-state index in [1.807, 2.05) is 30.3 Å². The van der Waals surface area contributed by atoms with Gasteiger partial charge in [0.1, 0.15) is 0 Å². The van der Waals surface area contributed by atoms with Crippen LogP contribution in [-0.2, 0) is 14.3 Å². The Morgan fingerprint density at radius 3 is 2.12 bits per heavy atom. The third-order valence-corrected chi connectivity index (χ3v) is 3.83. The predicted octanol–water partition coefficient (Wildman–Crippen LogP) is 3.01. The Balaban J connectivity index is 2.64. The van der Waals surface area contributed by atoms with Crippen molar-refractivity contribution in [3.8, 4) is 11.5 Å². The van der Waals surface area contributed by atoms with Gasteiger partial charge in [-0.05, 0) is 28.8 Å². The average molecular weight is 356 g/mol. The minimum atomic E-state index is -1.43. The molecule has 0 aliphatic rings. The van der Waals surface area contributed by atoms with Crippen molar-refractivity contribution < 1.29 is 28.9 Å². The molecule has 0 bridgehead atoms. The maximum absolute atomic E-state index is 11.9. The maximum Gasteiger partial charge on any atom is 0.324 e. The lowest BCUT2D eigenvalue weighted by Crippen LogP contribution is -2.23. The molecule has 0 heterocycles. The van der Waals surface area contributed by atoms with Crippen LogP contribution >= 0.6 is 0 Å². The molecular formula is C20H20O6. The Labute approximate surface area is 151 Å². The molecule has 1 N–H and O–H groups in total. The molecule has 0 spiro atoms. The highest BCUT2D eigenvalue weighted by molar-refractivity contribution is 5.99. The molecule has 26 heavy (non-hydrogen) atoms. The van der Waals surface area contributed by atoms with Crippen LogP contribution < -0.4 is 9.47 Å². The third kappa shape index (κ3) is 4.22. The molecule has 2 aromatic rings. The summed E-state index contributed by atoms with van der Waals surface area (Å²) < 4.78 is 15.2. The van der Waals surface area contributed by atoms with Gasteiger partial charge in [0.2, 0.25) is 0 Å². The van der Waals surface area contributed by atoms with Crippen molar-refractivity contribution in [1.82, 2.24) is 0 Å². The summed E-state index contributed by atoms with van der Waals surface area (Å²) in [6.07, 6.45) is 1.38. The topological polar surface area (TPSA) is 82.1 Å². The fraction of sp³-hybridized carbons (Fsp3) is 0.200. The molecule has 0 saturated heterocycles. The van der Waals surface area contributed by atoms with Crippen molar-refractivity contribution in [2.24, 2.45) is 5.92 Å². The van der Waals surface area contributed by atoms with Gasteiger partial charge in [0.05, 0.1) is 21.3 Å². The molecule has 0 amide bonds. The van der Waals surface area contributed by atoms with E-state index in [9.17, 15) is 14.7 Å². The van der Waals surface area contributed by atoms with E-state index in [1.54, 1.807) is 18.2 Å². The molecule has 2 aromatic carbocycles. The van der Waals surface area contributed by atoms with Gasteiger partial charge >= 0.3 is 11.9 Å². The van der Waals surface area contributed by atoms with Crippen molar-refractivity contribution >= 4 is 17.5 Å². The zero-order valence-corrected chi connectivity index (χ0v) is 14.8. The molecule has 0 fully saturated rings. The molecule has 136 valence electrons. The summed E-state index contributed by atoms with van der Waals surface area (Å²) in [5.74, 6) is -2.51. The maximum atomic E-state index is 11.9. The van der Waals surface area contributed by atoms with Crippen molar-refractivity contribution in [3.63, 3.8) is 0 Å². The molecule has 1 unspecified atom stereocenters. The van der Waals surface area contributed by atoms with E-state index in [-0.39, 0.29) is 0 Å². The van der Waals surface area contributed by atoms with Gasteiger partial charge in [-0.25, -0.2) is 0 Å². The average Bonchev–Trinajstić information content (AvgIpc) is 2.68. The Morgan fingerprint density at radius 1 is 0.923 bits per heavy atom. The molecule has 6 nitrogen and oxygen atoms in total. The summed E-state index contributed by atoms with van der Waals surface area (Å²) in [5.41, 5.74) is 2.02. The Kier molecular flexibility index (Phi) is 6.38. The third-order valence-electron chi connectivity index (χ3n) is 3.83. The van der Waals surface area contributed by atoms with Crippen LogP contribution in [0.1, 0.15) is 11.1 Å². The number of carboxylic acid groups (broad SMARTS) is 1. The lowest BCUT2D eigenvalue weighted by Gasteiger charge is -2.14. The summed E-state index contributed by atoms with van der Waals surface area (Å²) in [6, 6.07) is 14.4. The van der Waals surface area contributed by atoms with Crippen LogP contribution in [-0.4, -0.2) is 38.4 Å². The normalized spacial score (nSPS) is 12.2. The van der Waals surface area contributed by atoms with Gasteiger partial charge in [-0.3, -0.25) is 9.59 Å². The summed E-state index contributed by atoms with van der Waals surface area (Å²) in [4.78, 5) is 23.4. The molecule has 0 aromatic heterocycles. The number of methoxy groups -OCH3 is 3. The molecule has 2 rings (SSSR count). The molecule has 1 atom stereocenters. The fourth-order valence-corrected chi connectivity index (χ4v) is 2.51. The summed E-state index contributed by atoms with van der Waals surface area (Å²) >= 11 is 0. The van der Waals surface area contributed by atoms with Crippen LogP contribution in [0.5, 0.6) is 11.5 Å². The predicted molar refractivity (Wildman–Crippen MR) is 96.2 cm³/mol. The quantitative estimate of drug-likeness (QED) is 0.607. The lowest BCUT2D eigenvalue weighted by atomic mass is 9.93. The molecule has 0 saturated carbocycles. The molecule has 0 radical (unpaired) electrons. The van der Waals surface area contributed by atoms with Gasteiger partial charge in [-0.2, -0.15) is 0 Å². The van der Waals surface area contributed by atoms with Gasteiger partial charge in [0.15, 0.2) is 17.4 Å². The Hall–Kier alpha value is -3.28. The second kappa shape index (κ2) is 8.71. The van der Waals surface area contributed by atoms with Gasteiger partial charge in [0, 0.05) is 0 Å². The van der Waals surface area contributed by atoms with Crippen LogP contribution in [0.15, 0.2) is 54.6 Å². The number of hydrogen-bond acceptors (Lipinski definition) is 5. The van der Waals surface area contributed by atoms with E-state index < -0.39 is 17.9 Å². The van der Waals surface area contributed by atoms with Gasteiger partial charge in [-0.15, -0.1) is 0 Å². The highest BCUT2D eigenvalue weighted by Crippen LogP contribution is 2.33. The highest BCUT2D eigenvalue weighted by Gasteiger charge is 2.26. The van der Waals surface area contributed by atoms with E-state index in [2.05, 4.69) is 4.74 Å². The van der Waals surface area contributed by atoms with Crippen LogP contribution in [0.3, 0.4) is 0 Å². The number of benzene rings is 2. The molecule has 0 aliphatic heterocycles. The monoisotopic (exact) mass is 356 g/mol.